The summed E-state index contributed by atoms with van der Waals surface area (Å²) < 4.78 is 5.49. The second-order valence-electron chi connectivity index (χ2n) is 5.20. The van der Waals surface area contributed by atoms with Crippen LogP contribution in [0.1, 0.15) is 11.6 Å². The average molecular weight is 252 g/mol. The highest BCUT2D eigenvalue weighted by atomic mass is 16.5. The maximum absolute atomic E-state index is 5.49. The van der Waals surface area contributed by atoms with Gasteiger partial charge < -0.3 is 20.3 Å². The summed E-state index contributed by atoms with van der Waals surface area (Å²) in [4.78, 5) is 3.29. The number of nitrogens with one attached hydrogen (secondary N) is 2. The third-order valence-corrected chi connectivity index (χ3v) is 4.04. The monoisotopic (exact) mass is 252 g/mol. The minimum Gasteiger partial charge on any atom is -0.496 e. The van der Waals surface area contributed by atoms with Crippen molar-refractivity contribution in [1.29, 1.82) is 0 Å². The molecule has 0 aliphatic carbocycles. The van der Waals surface area contributed by atoms with E-state index in [-0.39, 0.29) is 0 Å². The maximum Gasteiger partial charge on any atom is 0.166 e. The summed E-state index contributed by atoms with van der Waals surface area (Å²) in [5.41, 5.74) is 5.46. The van der Waals surface area contributed by atoms with E-state index in [0.717, 1.165) is 12.3 Å². The van der Waals surface area contributed by atoms with Gasteiger partial charge in [-0.15, -0.1) is 0 Å². The van der Waals surface area contributed by atoms with Gasteiger partial charge in [-0.05, 0) is 12.1 Å². The second-order valence-corrected chi connectivity index (χ2v) is 5.20. The first kappa shape index (κ1) is 13.3. The molecule has 0 unspecified atom stereocenters. The molecule has 1 heterocycles. The van der Waals surface area contributed by atoms with E-state index >= 15 is 0 Å². The predicted octanol–water partition coefficient (Wildman–Crippen LogP) is -2.61. The Morgan fingerprint density at radius 1 is 1.22 bits per heavy atom. The molecule has 100 valence electrons. The van der Waals surface area contributed by atoms with Gasteiger partial charge >= 0.3 is 0 Å². The van der Waals surface area contributed by atoms with E-state index < -0.39 is 0 Å². The topological polar surface area (TPSA) is 45.8 Å². The molecule has 0 bridgehead atoms. The van der Waals surface area contributed by atoms with Gasteiger partial charge in [-0.2, -0.15) is 0 Å². The number of ether oxygens (including phenoxy) is 1. The number of para-hydroxylation sites is 1. The normalized spacial score (nSPS) is 25.7. The molecule has 1 atom stereocenters. The quantitative estimate of drug-likeness (QED) is 0.540. The molecule has 1 aliphatic rings. The Labute approximate surface area is 109 Å². The molecule has 1 aliphatic heterocycles. The summed E-state index contributed by atoms with van der Waals surface area (Å²) >= 11 is 0. The molecule has 4 heteroatoms. The van der Waals surface area contributed by atoms with E-state index in [0.29, 0.717) is 6.04 Å². The Kier molecular flexibility index (Phi) is 4.58. The van der Waals surface area contributed by atoms with Gasteiger partial charge in [0.2, 0.25) is 0 Å². The lowest BCUT2D eigenvalue weighted by Gasteiger charge is -2.32. The summed E-state index contributed by atoms with van der Waals surface area (Å²) in [6.07, 6.45) is 0. The van der Waals surface area contributed by atoms with Crippen molar-refractivity contribution in [3.63, 3.8) is 0 Å². The number of rotatable bonds is 4. The molecule has 5 N–H and O–H groups in total. The van der Waals surface area contributed by atoms with E-state index in [1.807, 2.05) is 6.07 Å². The van der Waals surface area contributed by atoms with Crippen molar-refractivity contribution >= 4 is 0 Å². The van der Waals surface area contributed by atoms with E-state index in [2.05, 4.69) is 31.0 Å². The molecule has 2 rings (SSSR count). The van der Waals surface area contributed by atoms with Crippen LogP contribution in [0.4, 0.5) is 0 Å². The van der Waals surface area contributed by atoms with Gasteiger partial charge in [-0.1, -0.05) is 12.1 Å². The number of quaternary nitrogens is 3. The first-order valence-corrected chi connectivity index (χ1v) is 6.84. The summed E-state index contributed by atoms with van der Waals surface area (Å²) in [5.74, 6) is 1.00. The van der Waals surface area contributed by atoms with Crippen molar-refractivity contribution in [1.82, 2.24) is 0 Å². The van der Waals surface area contributed by atoms with Gasteiger partial charge in [0.15, 0.2) is 6.04 Å². The van der Waals surface area contributed by atoms with Crippen LogP contribution in [0.15, 0.2) is 24.3 Å². The first-order chi connectivity index (χ1) is 8.76. The van der Waals surface area contributed by atoms with E-state index in [9.17, 15) is 0 Å². The molecule has 4 nitrogen and oxygen atoms in total. The Morgan fingerprint density at radius 2 is 1.89 bits per heavy atom. The average Bonchev–Trinajstić information content (AvgIpc) is 2.42. The molecule has 18 heavy (non-hydrogen) atoms. The Balaban J connectivity index is 2.17. The molecular weight excluding hydrogens is 226 g/mol. The molecule has 0 amide bonds. The lowest BCUT2D eigenvalue weighted by molar-refractivity contribution is -1.02. The smallest absolute Gasteiger partial charge is 0.166 e. The van der Waals surface area contributed by atoms with Crippen LogP contribution >= 0.6 is 0 Å². The number of piperazine rings is 1. The minimum absolute atomic E-state index is 0.467. The summed E-state index contributed by atoms with van der Waals surface area (Å²) in [6.45, 7) is 5.88. The number of hydrogen-bond acceptors (Lipinski definition) is 1. The maximum atomic E-state index is 5.49. The van der Waals surface area contributed by atoms with Crippen LogP contribution in [0.25, 0.3) is 0 Å². The van der Waals surface area contributed by atoms with Gasteiger partial charge in [0.25, 0.3) is 0 Å². The van der Waals surface area contributed by atoms with Crippen molar-refractivity contribution in [2.24, 2.45) is 0 Å². The third kappa shape index (κ3) is 2.83. The van der Waals surface area contributed by atoms with Gasteiger partial charge in [0.1, 0.15) is 38.5 Å². The molecule has 0 radical (unpaired) electrons. The van der Waals surface area contributed by atoms with Crippen molar-refractivity contribution in [3.8, 4) is 5.75 Å². The lowest BCUT2D eigenvalue weighted by atomic mass is 10.0. The molecule has 1 aromatic rings. The van der Waals surface area contributed by atoms with Gasteiger partial charge in [-0.3, -0.25) is 0 Å². The molecule has 1 saturated heterocycles. The van der Waals surface area contributed by atoms with Crippen LogP contribution in [0.5, 0.6) is 5.75 Å². The van der Waals surface area contributed by atoms with E-state index in [4.69, 9.17) is 4.74 Å². The number of hydrogen-bond donors (Lipinski definition) is 3. The highest BCUT2D eigenvalue weighted by molar-refractivity contribution is 5.34. The number of likely N-dealkylation sites (N-methyl/N-ethyl adjacent to an activating group) is 1. The fourth-order valence-corrected chi connectivity index (χ4v) is 2.88. The summed E-state index contributed by atoms with van der Waals surface area (Å²) in [7, 11) is 4.03. The van der Waals surface area contributed by atoms with Crippen LogP contribution in [0.2, 0.25) is 0 Å². The molecule has 0 spiro atoms. The predicted molar refractivity (Wildman–Crippen MR) is 70.8 cm³/mol. The van der Waals surface area contributed by atoms with Crippen molar-refractivity contribution in [2.45, 2.75) is 6.04 Å². The minimum atomic E-state index is 0.467. The Hall–Kier alpha value is -1.10. The van der Waals surface area contributed by atoms with Crippen LogP contribution < -0.4 is 20.3 Å². The molecule has 0 aromatic heterocycles. The zero-order valence-corrected chi connectivity index (χ0v) is 11.5. The largest absolute Gasteiger partial charge is 0.496 e. The van der Waals surface area contributed by atoms with Gasteiger partial charge in [0, 0.05) is 0 Å². The summed E-state index contributed by atoms with van der Waals surface area (Å²) in [6, 6.07) is 8.84. The second kappa shape index (κ2) is 6.18. The van der Waals surface area contributed by atoms with E-state index in [1.54, 1.807) is 16.9 Å². The van der Waals surface area contributed by atoms with Crippen molar-refractivity contribution in [2.75, 3.05) is 46.9 Å². The molecular formula is C14H26N3O+3. The van der Waals surface area contributed by atoms with Gasteiger partial charge in [-0.25, -0.2) is 0 Å². The summed E-state index contributed by atoms with van der Waals surface area (Å²) in [5, 5.41) is 0. The van der Waals surface area contributed by atoms with Crippen LogP contribution in [0, 0.1) is 0 Å². The molecule has 1 aromatic carbocycles. The highest BCUT2D eigenvalue weighted by Crippen LogP contribution is 2.22. The fourth-order valence-electron chi connectivity index (χ4n) is 2.88. The fraction of sp³-hybridized carbons (Fsp3) is 0.571. The standard InChI is InChI=1S/C14H23N3O/c1-16-7-9-17(10-8-16)13(11-15)12-5-3-4-6-14(12)18-2/h3-6,13H,7-11,15H2,1-2H3/p+3/t13-/m0/s1. The SMILES string of the molecule is COc1ccccc1[C@H](C[NH3+])[NH+]1CC[NH+](C)CC1. The van der Waals surface area contributed by atoms with Crippen LogP contribution in [-0.4, -0.2) is 46.9 Å². The lowest BCUT2D eigenvalue weighted by Crippen LogP contribution is -3.27. The Bertz CT molecular complexity index is 375. The molecule has 1 fully saturated rings. The van der Waals surface area contributed by atoms with Gasteiger partial charge in [0.05, 0.1) is 19.7 Å². The van der Waals surface area contributed by atoms with Crippen molar-refractivity contribution in [3.05, 3.63) is 29.8 Å². The third-order valence-electron chi connectivity index (χ3n) is 4.04. The highest BCUT2D eigenvalue weighted by Gasteiger charge is 2.31. The first-order valence-electron chi connectivity index (χ1n) is 6.84. The number of benzene rings is 1. The van der Waals surface area contributed by atoms with Crippen LogP contribution in [-0.2, 0) is 0 Å². The molecule has 0 saturated carbocycles. The van der Waals surface area contributed by atoms with E-state index in [1.165, 1.54) is 31.7 Å². The van der Waals surface area contributed by atoms with Crippen molar-refractivity contribution < 1.29 is 20.3 Å². The number of methoxy groups -OCH3 is 1. The Morgan fingerprint density at radius 3 is 2.50 bits per heavy atom. The van der Waals surface area contributed by atoms with Crippen LogP contribution in [0.3, 0.4) is 0 Å². The zero-order chi connectivity index (χ0) is 13.0. The zero-order valence-electron chi connectivity index (χ0n) is 11.5.